The van der Waals surface area contributed by atoms with Gasteiger partial charge in [-0.1, -0.05) is 50.3 Å². The first-order valence-electron chi connectivity index (χ1n) is 4.93. The van der Waals surface area contributed by atoms with E-state index in [1.807, 2.05) is 0 Å². The highest BCUT2D eigenvalue weighted by Crippen LogP contribution is 2.35. The summed E-state index contributed by atoms with van der Waals surface area (Å²) in [5.74, 6) is 0. The van der Waals surface area contributed by atoms with Gasteiger partial charge in [-0.2, -0.15) is 0 Å². The third-order valence-electron chi connectivity index (χ3n) is 2.63. The van der Waals surface area contributed by atoms with Gasteiger partial charge in [-0.25, -0.2) is 0 Å². The molecule has 0 radical (unpaired) electrons. The standard InChI is InChI=1S/C13H16/c1-13(2)9-5-8-12(10-13)11-6-3-4-7-11/h3,5-9H,4,10H2,1-2H3. The zero-order valence-electron chi connectivity index (χ0n) is 8.38. The summed E-state index contributed by atoms with van der Waals surface area (Å²) in [6.45, 7) is 4.57. The van der Waals surface area contributed by atoms with Gasteiger partial charge in [0.05, 0.1) is 0 Å². The van der Waals surface area contributed by atoms with Crippen molar-refractivity contribution in [2.45, 2.75) is 26.7 Å². The van der Waals surface area contributed by atoms with Crippen LogP contribution in [-0.2, 0) is 0 Å². The highest BCUT2D eigenvalue weighted by Gasteiger charge is 2.20. The minimum absolute atomic E-state index is 0.335. The molecule has 0 amide bonds. The predicted molar refractivity (Wildman–Crippen MR) is 57.5 cm³/mol. The monoisotopic (exact) mass is 172 g/mol. The van der Waals surface area contributed by atoms with Gasteiger partial charge in [-0.3, -0.25) is 0 Å². The van der Waals surface area contributed by atoms with E-state index in [1.54, 1.807) is 0 Å². The molecule has 13 heavy (non-hydrogen) atoms. The second-order valence-corrected chi connectivity index (χ2v) is 4.51. The fourth-order valence-corrected chi connectivity index (χ4v) is 1.93. The van der Waals surface area contributed by atoms with Crippen LogP contribution >= 0.6 is 0 Å². The first-order valence-corrected chi connectivity index (χ1v) is 4.93. The molecule has 0 heterocycles. The van der Waals surface area contributed by atoms with Crippen molar-refractivity contribution in [3.05, 3.63) is 47.6 Å². The number of rotatable bonds is 1. The molecule has 0 aliphatic heterocycles. The minimum atomic E-state index is 0.335. The quantitative estimate of drug-likeness (QED) is 0.564. The van der Waals surface area contributed by atoms with E-state index in [0.29, 0.717) is 5.41 Å². The average molecular weight is 172 g/mol. The molecular formula is C13H16. The maximum Gasteiger partial charge on any atom is -0.0131 e. The molecule has 0 spiro atoms. The van der Waals surface area contributed by atoms with Gasteiger partial charge in [0.15, 0.2) is 0 Å². The van der Waals surface area contributed by atoms with Crippen LogP contribution < -0.4 is 0 Å². The highest BCUT2D eigenvalue weighted by molar-refractivity contribution is 5.47. The van der Waals surface area contributed by atoms with Gasteiger partial charge in [0.2, 0.25) is 0 Å². The Morgan fingerprint density at radius 3 is 2.77 bits per heavy atom. The van der Waals surface area contributed by atoms with Crippen LogP contribution in [0, 0.1) is 5.41 Å². The van der Waals surface area contributed by atoms with Crippen LogP contribution in [0.25, 0.3) is 0 Å². The number of hydrogen-bond acceptors (Lipinski definition) is 0. The number of hydrogen-bond donors (Lipinski definition) is 0. The van der Waals surface area contributed by atoms with Crippen molar-refractivity contribution in [2.24, 2.45) is 5.41 Å². The summed E-state index contributed by atoms with van der Waals surface area (Å²) in [5.41, 5.74) is 3.25. The summed E-state index contributed by atoms with van der Waals surface area (Å²) >= 11 is 0. The second kappa shape index (κ2) is 3.02. The summed E-state index contributed by atoms with van der Waals surface area (Å²) in [5, 5.41) is 0. The molecule has 0 saturated carbocycles. The molecule has 2 rings (SSSR count). The first kappa shape index (κ1) is 8.55. The summed E-state index contributed by atoms with van der Waals surface area (Å²) in [6.07, 6.45) is 15.8. The molecule has 2 aliphatic rings. The van der Waals surface area contributed by atoms with Gasteiger partial charge in [0.25, 0.3) is 0 Å². The molecule has 0 unspecified atom stereocenters. The molecular weight excluding hydrogens is 156 g/mol. The Balaban J connectivity index is 2.22. The van der Waals surface area contributed by atoms with Gasteiger partial charge in [0.1, 0.15) is 0 Å². The maximum absolute atomic E-state index is 2.31. The van der Waals surface area contributed by atoms with Crippen LogP contribution in [0.5, 0.6) is 0 Å². The molecule has 0 saturated heterocycles. The lowest BCUT2D eigenvalue weighted by atomic mass is 9.80. The van der Waals surface area contributed by atoms with Crippen LogP contribution in [0.1, 0.15) is 26.7 Å². The van der Waals surface area contributed by atoms with Crippen molar-refractivity contribution in [3.8, 4) is 0 Å². The second-order valence-electron chi connectivity index (χ2n) is 4.51. The Morgan fingerprint density at radius 2 is 2.15 bits per heavy atom. The summed E-state index contributed by atoms with van der Waals surface area (Å²) in [6, 6.07) is 0. The Labute approximate surface area is 80.3 Å². The lowest BCUT2D eigenvalue weighted by molar-refractivity contribution is 0.473. The van der Waals surface area contributed by atoms with E-state index in [9.17, 15) is 0 Å². The van der Waals surface area contributed by atoms with E-state index < -0.39 is 0 Å². The van der Waals surface area contributed by atoms with Crippen LogP contribution in [0.2, 0.25) is 0 Å². The molecule has 0 aromatic rings. The van der Waals surface area contributed by atoms with Gasteiger partial charge in [-0.05, 0) is 29.4 Å². The normalized spacial score (nSPS) is 24.5. The fourth-order valence-electron chi connectivity index (χ4n) is 1.93. The van der Waals surface area contributed by atoms with Crippen molar-refractivity contribution in [3.63, 3.8) is 0 Å². The molecule has 0 N–H and O–H groups in total. The SMILES string of the molecule is CC1(C)C=CC=C(C2=CCC=C2)C1. The van der Waals surface area contributed by atoms with Crippen molar-refractivity contribution in [2.75, 3.05) is 0 Å². The number of allylic oxidation sites excluding steroid dienone is 8. The van der Waals surface area contributed by atoms with Gasteiger partial charge in [-0.15, -0.1) is 0 Å². The molecule has 0 aromatic heterocycles. The van der Waals surface area contributed by atoms with Gasteiger partial charge in [0, 0.05) is 0 Å². The van der Waals surface area contributed by atoms with Crippen molar-refractivity contribution >= 4 is 0 Å². The summed E-state index contributed by atoms with van der Waals surface area (Å²) in [7, 11) is 0. The summed E-state index contributed by atoms with van der Waals surface area (Å²) in [4.78, 5) is 0. The molecule has 0 heteroatoms. The van der Waals surface area contributed by atoms with Crippen molar-refractivity contribution in [1.82, 2.24) is 0 Å². The van der Waals surface area contributed by atoms with E-state index in [0.717, 1.165) is 6.42 Å². The first-order chi connectivity index (χ1) is 6.17. The van der Waals surface area contributed by atoms with Crippen LogP contribution in [0.3, 0.4) is 0 Å². The lowest BCUT2D eigenvalue weighted by Gasteiger charge is -2.25. The molecule has 0 atom stereocenters. The fraction of sp³-hybridized carbons (Fsp3) is 0.385. The van der Waals surface area contributed by atoms with E-state index in [1.165, 1.54) is 17.6 Å². The highest BCUT2D eigenvalue weighted by atomic mass is 14.2. The van der Waals surface area contributed by atoms with E-state index in [2.05, 4.69) is 50.3 Å². The molecule has 2 aliphatic carbocycles. The van der Waals surface area contributed by atoms with E-state index in [-0.39, 0.29) is 0 Å². The van der Waals surface area contributed by atoms with E-state index >= 15 is 0 Å². The maximum atomic E-state index is 2.31. The third-order valence-corrected chi connectivity index (χ3v) is 2.63. The largest absolute Gasteiger partial charge is 0.0801 e. The summed E-state index contributed by atoms with van der Waals surface area (Å²) < 4.78 is 0. The zero-order chi connectivity index (χ0) is 9.31. The van der Waals surface area contributed by atoms with Crippen LogP contribution in [0.4, 0.5) is 0 Å². The smallest absolute Gasteiger partial charge is 0.0131 e. The van der Waals surface area contributed by atoms with Crippen molar-refractivity contribution < 1.29 is 0 Å². The zero-order valence-corrected chi connectivity index (χ0v) is 8.38. The topological polar surface area (TPSA) is 0 Å². The van der Waals surface area contributed by atoms with Gasteiger partial charge < -0.3 is 0 Å². The Hall–Kier alpha value is -1.04. The van der Waals surface area contributed by atoms with Gasteiger partial charge >= 0.3 is 0 Å². The van der Waals surface area contributed by atoms with Crippen LogP contribution in [-0.4, -0.2) is 0 Å². The average Bonchev–Trinajstić information content (AvgIpc) is 2.53. The Morgan fingerprint density at radius 1 is 1.31 bits per heavy atom. The molecule has 68 valence electrons. The molecule has 0 aromatic carbocycles. The minimum Gasteiger partial charge on any atom is -0.0801 e. The van der Waals surface area contributed by atoms with Crippen LogP contribution in [0.15, 0.2) is 47.6 Å². The van der Waals surface area contributed by atoms with Crippen molar-refractivity contribution in [1.29, 1.82) is 0 Å². The predicted octanol–water partition coefficient (Wildman–Crippen LogP) is 3.79. The molecule has 0 fully saturated rings. The molecule has 0 nitrogen and oxygen atoms in total. The third kappa shape index (κ3) is 1.82. The Kier molecular flexibility index (Phi) is 1.99. The van der Waals surface area contributed by atoms with E-state index in [4.69, 9.17) is 0 Å². The lowest BCUT2D eigenvalue weighted by Crippen LogP contribution is -2.11. The Bertz CT molecular complexity index is 322. The molecule has 0 bridgehead atoms.